The number of hydrogen-bond acceptors (Lipinski definition) is 7. The average molecular weight is 415 g/mol. The summed E-state index contributed by atoms with van der Waals surface area (Å²) in [6.45, 7) is 6.23. The third-order valence-electron chi connectivity index (χ3n) is 3.72. The maximum absolute atomic E-state index is 11.5. The van der Waals surface area contributed by atoms with Gasteiger partial charge < -0.3 is 5.32 Å². The predicted octanol–water partition coefficient (Wildman–Crippen LogP) is 2.99. The number of thioether (sulfide) groups is 1. The molecule has 4 N–H and O–H groups in total. The van der Waals surface area contributed by atoms with Gasteiger partial charge in [0.25, 0.3) is 0 Å². The van der Waals surface area contributed by atoms with Crippen LogP contribution in [0.4, 0.5) is 11.6 Å². The molecule has 0 aliphatic carbocycles. The molecule has 2 aromatic heterocycles. The van der Waals surface area contributed by atoms with Crippen LogP contribution < -0.4 is 10.5 Å². The molecule has 0 saturated heterocycles. The maximum atomic E-state index is 11.5. The van der Waals surface area contributed by atoms with E-state index in [2.05, 4.69) is 46.3 Å². The summed E-state index contributed by atoms with van der Waals surface area (Å²) in [5, 5.41) is 15.8. The van der Waals surface area contributed by atoms with Gasteiger partial charge in [-0.05, 0) is 6.42 Å². The van der Waals surface area contributed by atoms with E-state index in [0.717, 1.165) is 17.5 Å². The molecule has 3 heterocycles. The zero-order valence-electron chi connectivity index (χ0n) is 14.4. The number of H-pyrrole nitrogens is 1. The van der Waals surface area contributed by atoms with E-state index in [4.69, 9.17) is 16.7 Å². The number of hydrogen-bond donors (Lipinski definition) is 3. The normalized spacial score (nSPS) is 18.0. The zero-order valence-corrected chi connectivity index (χ0v) is 16.8. The van der Waals surface area contributed by atoms with Crippen LogP contribution in [0.2, 0.25) is 5.02 Å². The van der Waals surface area contributed by atoms with Crippen LogP contribution in [0.5, 0.6) is 0 Å². The Morgan fingerprint density at radius 1 is 1.42 bits per heavy atom. The van der Waals surface area contributed by atoms with Gasteiger partial charge in [0, 0.05) is 22.1 Å². The van der Waals surface area contributed by atoms with Crippen LogP contribution in [0.1, 0.15) is 38.7 Å². The van der Waals surface area contributed by atoms with Gasteiger partial charge in [-0.2, -0.15) is 5.10 Å². The van der Waals surface area contributed by atoms with Gasteiger partial charge in [0.05, 0.1) is 6.20 Å². The number of nitrogens with one attached hydrogen (secondary N) is 2. The first-order valence-electron chi connectivity index (χ1n) is 7.78. The van der Waals surface area contributed by atoms with Crippen LogP contribution in [0.25, 0.3) is 4.91 Å². The van der Waals surface area contributed by atoms with Crippen LogP contribution in [0, 0.1) is 0 Å². The minimum Gasteiger partial charge on any atom is -0.322 e. The molecule has 0 bridgehead atoms. The van der Waals surface area contributed by atoms with Gasteiger partial charge in [0.1, 0.15) is 9.60 Å². The highest BCUT2D eigenvalue weighted by Crippen LogP contribution is 2.40. The van der Waals surface area contributed by atoms with Gasteiger partial charge in [0.2, 0.25) is 10.0 Å². The second kappa shape index (κ2) is 6.84. The van der Waals surface area contributed by atoms with Crippen molar-refractivity contribution in [1.82, 2.24) is 20.2 Å². The number of nitrogens with two attached hydrogens (primary N) is 1. The number of halogens is 1. The van der Waals surface area contributed by atoms with E-state index in [1.54, 1.807) is 6.08 Å². The summed E-state index contributed by atoms with van der Waals surface area (Å²) in [6, 6.07) is 1.89. The van der Waals surface area contributed by atoms with Crippen molar-refractivity contribution in [3.63, 3.8) is 0 Å². The van der Waals surface area contributed by atoms with Crippen molar-refractivity contribution in [2.75, 3.05) is 5.32 Å². The van der Waals surface area contributed by atoms with E-state index in [9.17, 15) is 8.42 Å². The van der Waals surface area contributed by atoms with Gasteiger partial charge in [-0.15, -0.1) is 11.8 Å². The van der Waals surface area contributed by atoms with Crippen LogP contribution in [-0.4, -0.2) is 33.2 Å². The topological polar surface area (TPSA) is 127 Å². The van der Waals surface area contributed by atoms with Gasteiger partial charge >= 0.3 is 0 Å². The number of sulfonamides is 1. The Morgan fingerprint density at radius 2 is 2.15 bits per heavy atom. The van der Waals surface area contributed by atoms with Crippen molar-refractivity contribution in [3.05, 3.63) is 34.9 Å². The first kappa shape index (κ1) is 19.2. The van der Waals surface area contributed by atoms with Crippen molar-refractivity contribution < 1.29 is 8.42 Å². The first-order valence-corrected chi connectivity index (χ1v) is 10.6. The minimum atomic E-state index is -3.62. The monoisotopic (exact) mass is 414 g/mol. The molecular formula is C15H19ClN6O2S2. The Bertz CT molecular complexity index is 965. The quantitative estimate of drug-likeness (QED) is 0.701. The molecule has 1 unspecified atom stereocenters. The lowest BCUT2D eigenvalue weighted by molar-refractivity contribution is 0.567. The minimum absolute atomic E-state index is 0.0679. The summed E-state index contributed by atoms with van der Waals surface area (Å²) in [5.74, 6) is 1.36. The molecule has 3 rings (SSSR count). The molecule has 11 heteroatoms. The lowest BCUT2D eigenvalue weighted by Crippen LogP contribution is -2.23. The van der Waals surface area contributed by atoms with Crippen molar-refractivity contribution >= 4 is 49.9 Å². The molecule has 26 heavy (non-hydrogen) atoms. The van der Waals surface area contributed by atoms with E-state index in [1.807, 2.05) is 6.07 Å². The summed E-state index contributed by atoms with van der Waals surface area (Å²) < 4.78 is 22.3. The summed E-state index contributed by atoms with van der Waals surface area (Å²) in [4.78, 5) is 9.25. The van der Waals surface area contributed by atoms with E-state index in [-0.39, 0.29) is 5.41 Å². The number of allylic oxidation sites excluding steroid dienone is 1. The maximum Gasteiger partial charge on any atom is 0.222 e. The third kappa shape index (κ3) is 4.20. The summed E-state index contributed by atoms with van der Waals surface area (Å²) in [5.41, 5.74) is 0.900. The fraction of sp³-hybridized carbons (Fsp3) is 0.400. The molecule has 0 saturated carbocycles. The number of aromatic nitrogens is 4. The summed E-state index contributed by atoms with van der Waals surface area (Å²) >= 11 is 7.31. The van der Waals surface area contributed by atoms with Crippen molar-refractivity contribution in [2.45, 2.75) is 37.2 Å². The Morgan fingerprint density at radius 3 is 2.73 bits per heavy atom. The zero-order chi connectivity index (χ0) is 19.1. The number of anilines is 2. The lowest BCUT2D eigenvalue weighted by Gasteiger charge is -2.14. The van der Waals surface area contributed by atoms with Crippen LogP contribution in [-0.2, 0) is 15.4 Å². The number of primary sulfonamides is 1. The molecule has 1 atom stereocenters. The van der Waals surface area contributed by atoms with Gasteiger partial charge in [-0.3, -0.25) is 5.10 Å². The molecular weight excluding hydrogens is 396 g/mol. The largest absolute Gasteiger partial charge is 0.322 e. The molecule has 0 aromatic carbocycles. The lowest BCUT2D eigenvalue weighted by atomic mass is 9.92. The predicted molar refractivity (Wildman–Crippen MR) is 105 cm³/mol. The molecule has 8 nitrogen and oxygen atoms in total. The van der Waals surface area contributed by atoms with Crippen molar-refractivity contribution in [1.29, 1.82) is 0 Å². The molecule has 0 radical (unpaired) electrons. The summed E-state index contributed by atoms with van der Waals surface area (Å²) in [6.07, 6.45) is 3.55. The van der Waals surface area contributed by atoms with E-state index >= 15 is 0 Å². The second-order valence-corrected chi connectivity index (χ2v) is 10.6. The smallest absolute Gasteiger partial charge is 0.222 e. The molecule has 1 aliphatic rings. The van der Waals surface area contributed by atoms with Crippen molar-refractivity contribution in [2.24, 2.45) is 5.14 Å². The van der Waals surface area contributed by atoms with Gasteiger partial charge in [-0.1, -0.05) is 38.4 Å². The standard InChI is InChI=1S/C15H19ClN6O2S2/c1-15(2,3)10-6-11(22-21-10)19-13-8(16)7-18-14(20-13)9-4-5-12(25-9)26(17,23)24/h4,6-7,12H,5H2,1-3H3,(H2,17,23,24)(H2,18,19,20,21,22). The van der Waals surface area contributed by atoms with E-state index in [1.165, 1.54) is 6.20 Å². The number of nitrogens with zero attached hydrogens (tertiary/aromatic N) is 3. The Kier molecular flexibility index (Phi) is 5.04. The Labute approximate surface area is 161 Å². The van der Waals surface area contributed by atoms with Gasteiger partial charge in [0.15, 0.2) is 17.5 Å². The number of aromatic amines is 1. The third-order valence-corrected chi connectivity index (χ3v) is 7.07. The van der Waals surface area contributed by atoms with Crippen molar-refractivity contribution in [3.8, 4) is 0 Å². The molecule has 140 valence electrons. The van der Waals surface area contributed by atoms with E-state index in [0.29, 0.717) is 33.8 Å². The SMILES string of the molecule is CC(C)(C)c1cc(Nc2nc(C3=CCC(S(N)(=O)=O)S3)ncc2Cl)n[nH]1. The number of rotatable bonds is 4. The fourth-order valence-electron chi connectivity index (χ4n) is 2.25. The van der Waals surface area contributed by atoms with Crippen LogP contribution in [0.15, 0.2) is 18.3 Å². The first-order chi connectivity index (χ1) is 12.0. The second-order valence-electron chi connectivity index (χ2n) is 6.87. The highest BCUT2D eigenvalue weighted by Gasteiger charge is 2.29. The molecule has 0 fully saturated rings. The van der Waals surface area contributed by atoms with E-state index < -0.39 is 14.6 Å². The molecule has 1 aliphatic heterocycles. The molecule has 0 spiro atoms. The average Bonchev–Trinajstić information content (AvgIpc) is 3.17. The molecule has 0 amide bonds. The highest BCUT2D eigenvalue weighted by atomic mass is 35.5. The molecule has 2 aromatic rings. The Hall–Kier alpha value is -1.62. The highest BCUT2D eigenvalue weighted by molar-refractivity contribution is 8.18. The summed E-state index contributed by atoms with van der Waals surface area (Å²) in [7, 11) is -3.62. The van der Waals surface area contributed by atoms with Gasteiger partial charge in [-0.25, -0.2) is 23.5 Å². The van der Waals surface area contributed by atoms with Crippen LogP contribution >= 0.6 is 23.4 Å². The fourth-order valence-corrected chi connectivity index (χ4v) is 4.47. The Balaban J connectivity index is 1.82. The van der Waals surface area contributed by atoms with Crippen LogP contribution in [0.3, 0.4) is 0 Å².